The number of aromatic nitrogens is 1. The first-order valence-electron chi connectivity index (χ1n) is 9.02. The minimum absolute atomic E-state index is 0.131. The lowest BCUT2D eigenvalue weighted by atomic mass is 9.95. The van der Waals surface area contributed by atoms with Gasteiger partial charge in [0.25, 0.3) is 0 Å². The number of nitrogens with zero attached hydrogens (tertiary/aromatic N) is 3. The van der Waals surface area contributed by atoms with E-state index < -0.39 is 0 Å². The lowest BCUT2D eigenvalue weighted by Crippen LogP contribution is -2.41. The number of anilines is 1. The van der Waals surface area contributed by atoms with Gasteiger partial charge in [-0.25, -0.2) is 4.39 Å². The van der Waals surface area contributed by atoms with Gasteiger partial charge in [-0.05, 0) is 23.6 Å². The molecular formula is C21H21FN4O. The van der Waals surface area contributed by atoms with Gasteiger partial charge in [0.15, 0.2) is 11.8 Å². The van der Waals surface area contributed by atoms with Crippen molar-refractivity contribution in [3.05, 3.63) is 71.7 Å². The van der Waals surface area contributed by atoms with Crippen molar-refractivity contribution in [3.8, 4) is 11.1 Å². The average molecular weight is 364 g/mol. The van der Waals surface area contributed by atoms with Crippen LogP contribution in [-0.2, 0) is 0 Å². The minimum atomic E-state index is -0.252. The Morgan fingerprint density at radius 1 is 1.15 bits per heavy atom. The SMILES string of the molecule is CC(c1ccc(-c2ccccc2)c(F)c1)c1cc(N2CCCN=C2N)no1. The second kappa shape index (κ2) is 7.23. The molecule has 1 aliphatic rings. The lowest BCUT2D eigenvalue weighted by molar-refractivity contribution is 0.376. The monoisotopic (exact) mass is 364 g/mol. The summed E-state index contributed by atoms with van der Waals surface area (Å²) in [6.45, 7) is 3.46. The molecule has 0 bridgehead atoms. The number of nitrogens with two attached hydrogens (primary N) is 1. The van der Waals surface area contributed by atoms with E-state index in [0.29, 0.717) is 23.1 Å². The van der Waals surface area contributed by atoms with Crippen LogP contribution in [0.15, 0.2) is 64.1 Å². The molecule has 0 spiro atoms. The number of guanidine groups is 1. The standard InChI is InChI=1S/C21H21FN4O/c1-14(19-13-20(25-27-19)26-11-5-10-24-21(26)23)16-8-9-17(18(22)12-16)15-6-3-2-4-7-15/h2-4,6-9,12-14H,5,10-11H2,1H3,(H2,23,24). The Hall–Kier alpha value is -3.15. The van der Waals surface area contributed by atoms with E-state index in [-0.39, 0.29) is 11.7 Å². The van der Waals surface area contributed by atoms with Crippen LogP contribution in [0.3, 0.4) is 0 Å². The largest absolute Gasteiger partial charge is 0.369 e. The van der Waals surface area contributed by atoms with E-state index in [1.165, 1.54) is 0 Å². The summed E-state index contributed by atoms with van der Waals surface area (Å²) >= 11 is 0. The fourth-order valence-corrected chi connectivity index (χ4v) is 3.28. The van der Waals surface area contributed by atoms with E-state index in [4.69, 9.17) is 10.3 Å². The maximum atomic E-state index is 14.7. The van der Waals surface area contributed by atoms with E-state index in [0.717, 1.165) is 30.6 Å². The maximum absolute atomic E-state index is 14.7. The van der Waals surface area contributed by atoms with E-state index in [2.05, 4.69) is 10.1 Å². The molecule has 2 heterocycles. The van der Waals surface area contributed by atoms with Gasteiger partial charge >= 0.3 is 0 Å². The van der Waals surface area contributed by atoms with Gasteiger partial charge in [-0.2, -0.15) is 0 Å². The topological polar surface area (TPSA) is 67.7 Å². The van der Waals surface area contributed by atoms with Crippen LogP contribution in [0.5, 0.6) is 0 Å². The van der Waals surface area contributed by atoms with Gasteiger partial charge in [0.05, 0.1) is 0 Å². The highest BCUT2D eigenvalue weighted by atomic mass is 19.1. The number of halogens is 1. The Balaban J connectivity index is 1.58. The van der Waals surface area contributed by atoms with Crippen LogP contribution >= 0.6 is 0 Å². The van der Waals surface area contributed by atoms with E-state index in [1.807, 2.05) is 60.4 Å². The minimum Gasteiger partial charge on any atom is -0.369 e. The molecule has 0 aliphatic carbocycles. The van der Waals surface area contributed by atoms with Crippen LogP contribution in [-0.4, -0.2) is 24.2 Å². The third-order valence-corrected chi connectivity index (χ3v) is 4.89. The van der Waals surface area contributed by atoms with Gasteiger partial charge in [-0.1, -0.05) is 54.5 Å². The van der Waals surface area contributed by atoms with Crippen molar-refractivity contribution in [2.75, 3.05) is 18.0 Å². The quantitative estimate of drug-likeness (QED) is 0.755. The van der Waals surface area contributed by atoms with Crippen LogP contribution < -0.4 is 10.6 Å². The van der Waals surface area contributed by atoms with Gasteiger partial charge in [-0.15, -0.1) is 0 Å². The predicted molar refractivity (Wildman–Crippen MR) is 104 cm³/mol. The Bertz CT molecular complexity index is 967. The summed E-state index contributed by atoms with van der Waals surface area (Å²) in [4.78, 5) is 6.07. The Kier molecular flexibility index (Phi) is 4.62. The molecule has 0 saturated heterocycles. The predicted octanol–water partition coefficient (Wildman–Crippen LogP) is 4.16. The Labute approximate surface area is 157 Å². The zero-order valence-corrected chi connectivity index (χ0v) is 15.1. The zero-order valence-electron chi connectivity index (χ0n) is 15.1. The Morgan fingerprint density at radius 2 is 1.96 bits per heavy atom. The maximum Gasteiger partial charge on any atom is 0.197 e. The summed E-state index contributed by atoms with van der Waals surface area (Å²) in [5.41, 5.74) is 8.22. The van der Waals surface area contributed by atoms with Crippen LogP contribution in [0.4, 0.5) is 10.2 Å². The molecule has 4 rings (SSSR count). The second-order valence-corrected chi connectivity index (χ2v) is 6.66. The van der Waals surface area contributed by atoms with Gasteiger partial charge in [0.2, 0.25) is 0 Å². The normalized spacial score (nSPS) is 15.5. The molecule has 1 unspecified atom stereocenters. The van der Waals surface area contributed by atoms with Crippen molar-refractivity contribution in [1.82, 2.24) is 5.16 Å². The molecule has 1 aliphatic heterocycles. The molecule has 0 radical (unpaired) electrons. The molecule has 6 heteroatoms. The molecule has 1 aromatic heterocycles. The molecule has 5 nitrogen and oxygen atoms in total. The highest BCUT2D eigenvalue weighted by molar-refractivity contribution is 5.94. The number of hydrogen-bond acceptors (Lipinski definition) is 5. The summed E-state index contributed by atoms with van der Waals surface area (Å²) in [6.07, 6.45) is 0.921. The molecule has 0 saturated carbocycles. The highest BCUT2D eigenvalue weighted by Gasteiger charge is 2.21. The summed E-state index contributed by atoms with van der Waals surface area (Å²) in [6, 6.07) is 16.7. The van der Waals surface area contributed by atoms with Crippen molar-refractivity contribution >= 4 is 11.8 Å². The van der Waals surface area contributed by atoms with Gasteiger partial charge in [-0.3, -0.25) is 9.89 Å². The van der Waals surface area contributed by atoms with E-state index in [1.54, 1.807) is 6.07 Å². The first-order valence-corrected chi connectivity index (χ1v) is 9.02. The summed E-state index contributed by atoms with van der Waals surface area (Å²) < 4.78 is 20.2. The smallest absolute Gasteiger partial charge is 0.197 e. The molecule has 1 atom stereocenters. The van der Waals surface area contributed by atoms with Crippen molar-refractivity contribution in [1.29, 1.82) is 0 Å². The molecule has 138 valence electrons. The van der Waals surface area contributed by atoms with Crippen molar-refractivity contribution in [2.45, 2.75) is 19.3 Å². The van der Waals surface area contributed by atoms with Gasteiger partial charge < -0.3 is 10.3 Å². The third kappa shape index (κ3) is 3.43. The number of aliphatic imine (C=N–C) groups is 1. The first-order chi connectivity index (χ1) is 13.1. The molecule has 2 N–H and O–H groups in total. The third-order valence-electron chi connectivity index (χ3n) is 4.89. The van der Waals surface area contributed by atoms with Crippen LogP contribution in [0.1, 0.15) is 30.6 Å². The van der Waals surface area contributed by atoms with Crippen molar-refractivity contribution < 1.29 is 8.91 Å². The first kappa shape index (κ1) is 17.3. The Morgan fingerprint density at radius 3 is 2.70 bits per heavy atom. The number of benzene rings is 2. The fraction of sp³-hybridized carbons (Fsp3) is 0.238. The van der Waals surface area contributed by atoms with Crippen molar-refractivity contribution in [3.63, 3.8) is 0 Å². The van der Waals surface area contributed by atoms with Crippen LogP contribution in [0, 0.1) is 5.82 Å². The van der Waals surface area contributed by atoms with Gasteiger partial charge in [0.1, 0.15) is 11.6 Å². The van der Waals surface area contributed by atoms with Crippen LogP contribution in [0.25, 0.3) is 11.1 Å². The molecule has 2 aromatic carbocycles. The second-order valence-electron chi connectivity index (χ2n) is 6.66. The summed E-state index contributed by atoms with van der Waals surface area (Å²) in [5.74, 6) is 1.37. The van der Waals surface area contributed by atoms with Crippen molar-refractivity contribution in [2.24, 2.45) is 10.7 Å². The molecule has 27 heavy (non-hydrogen) atoms. The fourth-order valence-electron chi connectivity index (χ4n) is 3.28. The molecule has 0 fully saturated rings. The van der Waals surface area contributed by atoms with Gasteiger partial charge in [0, 0.05) is 30.6 Å². The highest BCUT2D eigenvalue weighted by Crippen LogP contribution is 2.31. The zero-order chi connectivity index (χ0) is 18.8. The molecular weight excluding hydrogens is 343 g/mol. The lowest BCUT2D eigenvalue weighted by Gasteiger charge is -2.23. The summed E-state index contributed by atoms with van der Waals surface area (Å²) in [7, 11) is 0. The number of rotatable bonds is 4. The van der Waals surface area contributed by atoms with Crippen LogP contribution in [0.2, 0.25) is 0 Å². The molecule has 3 aromatic rings. The number of hydrogen-bond donors (Lipinski definition) is 1. The van der Waals surface area contributed by atoms with E-state index in [9.17, 15) is 4.39 Å². The van der Waals surface area contributed by atoms with E-state index >= 15 is 0 Å². The summed E-state index contributed by atoms with van der Waals surface area (Å²) in [5, 5.41) is 4.12. The molecule has 0 amide bonds. The average Bonchev–Trinajstić information content (AvgIpc) is 3.18.